The second kappa shape index (κ2) is 8.30. The zero-order chi connectivity index (χ0) is 18.4. The summed E-state index contributed by atoms with van der Waals surface area (Å²) in [6.45, 7) is 6.54. The second-order valence-electron chi connectivity index (χ2n) is 6.38. The Morgan fingerprint density at radius 1 is 1.04 bits per heavy atom. The lowest BCUT2D eigenvalue weighted by atomic mass is 10.1. The maximum absolute atomic E-state index is 11.8. The van der Waals surface area contributed by atoms with Gasteiger partial charge in [0.2, 0.25) is 5.91 Å². The second-order valence-corrected chi connectivity index (χ2v) is 6.38. The Hall–Kier alpha value is -3.14. The summed E-state index contributed by atoms with van der Waals surface area (Å²) in [5, 5.41) is 2.89. The van der Waals surface area contributed by atoms with Crippen molar-refractivity contribution in [1.29, 1.82) is 0 Å². The van der Waals surface area contributed by atoms with Gasteiger partial charge in [-0.2, -0.15) is 0 Å². The van der Waals surface area contributed by atoms with Crippen LogP contribution in [0.3, 0.4) is 0 Å². The molecular weight excluding hydrogens is 322 g/mol. The fourth-order valence-electron chi connectivity index (χ4n) is 2.82. The minimum absolute atomic E-state index is 0.145. The molecule has 132 valence electrons. The molecule has 1 aromatic heterocycles. The number of aromatic nitrogens is 2. The number of benzene rings is 2. The van der Waals surface area contributed by atoms with Crippen molar-refractivity contribution in [2.75, 3.05) is 0 Å². The zero-order valence-electron chi connectivity index (χ0n) is 15.0. The van der Waals surface area contributed by atoms with Crippen molar-refractivity contribution in [3.63, 3.8) is 0 Å². The van der Waals surface area contributed by atoms with E-state index in [1.165, 1.54) is 11.1 Å². The number of nitrogens with zero attached hydrogens (tertiary/aromatic N) is 2. The highest BCUT2D eigenvalue weighted by molar-refractivity contribution is 5.91. The Balaban J connectivity index is 1.86. The van der Waals surface area contributed by atoms with Crippen molar-refractivity contribution in [3.8, 4) is 0 Å². The van der Waals surface area contributed by atoms with Crippen molar-refractivity contribution >= 4 is 5.91 Å². The highest BCUT2D eigenvalue weighted by Gasteiger charge is 2.13. The fraction of sp³-hybridized carbons (Fsp3) is 0.182. The minimum Gasteiger partial charge on any atom is -0.347 e. The van der Waals surface area contributed by atoms with E-state index < -0.39 is 0 Å². The third-order valence-corrected chi connectivity index (χ3v) is 4.25. The summed E-state index contributed by atoms with van der Waals surface area (Å²) in [5.41, 5.74) is 4.94. The number of amides is 1. The maximum atomic E-state index is 11.8. The molecule has 26 heavy (non-hydrogen) atoms. The molecule has 0 spiro atoms. The first-order chi connectivity index (χ1) is 12.6. The van der Waals surface area contributed by atoms with Crippen LogP contribution in [0.2, 0.25) is 0 Å². The van der Waals surface area contributed by atoms with Gasteiger partial charge in [0, 0.05) is 24.2 Å². The van der Waals surface area contributed by atoms with Crippen LogP contribution in [0.1, 0.15) is 29.4 Å². The molecule has 4 heteroatoms. The van der Waals surface area contributed by atoms with Gasteiger partial charge >= 0.3 is 0 Å². The molecule has 0 unspecified atom stereocenters. The van der Waals surface area contributed by atoms with Crippen LogP contribution < -0.4 is 5.32 Å². The molecule has 3 aromatic rings. The summed E-state index contributed by atoms with van der Waals surface area (Å²) >= 11 is 0. The number of hydrogen-bond acceptors (Lipinski definition) is 2. The first kappa shape index (κ1) is 17.7. The molecule has 0 saturated heterocycles. The Kier molecular flexibility index (Phi) is 5.64. The number of carbonyl (C=O) groups excluding carboxylic acids is 1. The van der Waals surface area contributed by atoms with E-state index in [-0.39, 0.29) is 5.91 Å². The lowest BCUT2D eigenvalue weighted by Crippen LogP contribution is -2.24. The summed E-state index contributed by atoms with van der Waals surface area (Å²) in [6.07, 6.45) is 2.62. The Morgan fingerprint density at radius 3 is 2.27 bits per heavy atom. The number of imidazole rings is 1. The number of carbonyl (C=O) groups is 1. The van der Waals surface area contributed by atoms with Crippen LogP contribution in [0.5, 0.6) is 0 Å². The summed E-state index contributed by atoms with van der Waals surface area (Å²) < 4.78 is 2.16. The van der Waals surface area contributed by atoms with E-state index in [1.807, 2.05) is 42.7 Å². The monoisotopic (exact) mass is 345 g/mol. The van der Waals surface area contributed by atoms with Gasteiger partial charge in [-0.05, 0) is 18.1 Å². The van der Waals surface area contributed by atoms with Crippen LogP contribution in [0, 0.1) is 0 Å². The highest BCUT2D eigenvalue weighted by Crippen LogP contribution is 2.16. The molecule has 0 saturated carbocycles. The zero-order valence-corrected chi connectivity index (χ0v) is 15.0. The van der Waals surface area contributed by atoms with Crippen LogP contribution >= 0.6 is 0 Å². The number of hydrogen-bond donors (Lipinski definition) is 1. The third-order valence-electron chi connectivity index (χ3n) is 4.25. The van der Waals surface area contributed by atoms with Gasteiger partial charge in [0.15, 0.2) is 0 Å². The van der Waals surface area contributed by atoms with Crippen molar-refractivity contribution in [3.05, 3.63) is 102 Å². The van der Waals surface area contributed by atoms with Crippen molar-refractivity contribution in [1.82, 2.24) is 14.9 Å². The Bertz CT molecular complexity index is 882. The minimum atomic E-state index is -0.145. The molecule has 0 atom stereocenters. The van der Waals surface area contributed by atoms with Crippen molar-refractivity contribution < 1.29 is 4.79 Å². The largest absolute Gasteiger partial charge is 0.347 e. The van der Waals surface area contributed by atoms with Gasteiger partial charge in [0.25, 0.3) is 0 Å². The smallest absolute Gasteiger partial charge is 0.246 e. The summed E-state index contributed by atoms with van der Waals surface area (Å²) in [7, 11) is 0. The SMILES string of the molecule is C=C(C)C(=O)NCc1ncn(Cc2ccccc2)c1Cc1ccccc1. The molecule has 0 aliphatic carbocycles. The standard InChI is InChI=1S/C22H23N3O/c1-17(2)22(26)23-14-20-21(13-18-9-5-3-6-10-18)25(16-24-20)15-19-11-7-4-8-12-19/h3-12,16H,1,13-15H2,2H3,(H,23,26). The van der Waals surface area contributed by atoms with E-state index in [1.54, 1.807) is 6.92 Å². The molecule has 0 bridgehead atoms. The summed E-state index contributed by atoms with van der Waals surface area (Å²) in [5.74, 6) is -0.145. The number of nitrogens with one attached hydrogen (secondary N) is 1. The highest BCUT2D eigenvalue weighted by atomic mass is 16.1. The average molecular weight is 345 g/mol. The molecule has 0 aliphatic heterocycles. The van der Waals surface area contributed by atoms with E-state index in [0.29, 0.717) is 12.1 Å². The Morgan fingerprint density at radius 2 is 1.65 bits per heavy atom. The number of rotatable bonds is 7. The molecule has 3 rings (SSSR count). The topological polar surface area (TPSA) is 46.9 Å². The van der Waals surface area contributed by atoms with Crippen molar-refractivity contribution in [2.45, 2.75) is 26.4 Å². The first-order valence-corrected chi connectivity index (χ1v) is 8.68. The van der Waals surface area contributed by atoms with Crippen LogP contribution in [-0.4, -0.2) is 15.5 Å². The van der Waals surface area contributed by atoms with Gasteiger partial charge in [-0.15, -0.1) is 0 Å². The molecule has 1 amide bonds. The van der Waals surface area contributed by atoms with Gasteiger partial charge in [-0.25, -0.2) is 4.98 Å². The van der Waals surface area contributed by atoms with Crippen LogP contribution in [0.15, 0.2) is 79.1 Å². The average Bonchev–Trinajstić information content (AvgIpc) is 3.03. The van der Waals surface area contributed by atoms with Gasteiger partial charge in [-0.1, -0.05) is 67.2 Å². The van der Waals surface area contributed by atoms with E-state index in [2.05, 4.69) is 45.7 Å². The van der Waals surface area contributed by atoms with Crippen LogP contribution in [0.4, 0.5) is 0 Å². The van der Waals surface area contributed by atoms with E-state index in [0.717, 1.165) is 24.4 Å². The van der Waals surface area contributed by atoms with Gasteiger partial charge in [0.1, 0.15) is 0 Å². The van der Waals surface area contributed by atoms with E-state index >= 15 is 0 Å². The maximum Gasteiger partial charge on any atom is 0.246 e. The van der Waals surface area contributed by atoms with Crippen molar-refractivity contribution in [2.24, 2.45) is 0 Å². The molecule has 0 radical (unpaired) electrons. The molecule has 4 nitrogen and oxygen atoms in total. The van der Waals surface area contributed by atoms with Crippen LogP contribution in [-0.2, 0) is 24.3 Å². The van der Waals surface area contributed by atoms with Crippen LogP contribution in [0.25, 0.3) is 0 Å². The van der Waals surface area contributed by atoms with Gasteiger partial charge < -0.3 is 9.88 Å². The predicted molar refractivity (Wildman–Crippen MR) is 104 cm³/mol. The normalized spacial score (nSPS) is 10.5. The lowest BCUT2D eigenvalue weighted by Gasteiger charge is -2.11. The quantitative estimate of drug-likeness (QED) is 0.664. The van der Waals surface area contributed by atoms with E-state index in [4.69, 9.17) is 0 Å². The third kappa shape index (κ3) is 4.48. The first-order valence-electron chi connectivity index (χ1n) is 8.68. The fourth-order valence-corrected chi connectivity index (χ4v) is 2.82. The van der Waals surface area contributed by atoms with Gasteiger partial charge in [-0.3, -0.25) is 4.79 Å². The van der Waals surface area contributed by atoms with E-state index in [9.17, 15) is 4.79 Å². The molecule has 2 aromatic carbocycles. The summed E-state index contributed by atoms with van der Waals surface area (Å²) in [6, 6.07) is 20.6. The van der Waals surface area contributed by atoms with Gasteiger partial charge in [0.05, 0.1) is 18.6 Å². The lowest BCUT2D eigenvalue weighted by molar-refractivity contribution is -0.117. The molecule has 1 heterocycles. The Labute approximate surface area is 154 Å². The molecule has 0 fully saturated rings. The molecule has 0 aliphatic rings. The predicted octanol–water partition coefficient (Wildman–Crippen LogP) is 3.71. The molecule has 1 N–H and O–H groups in total. The molecular formula is C22H23N3O. The summed E-state index contributed by atoms with van der Waals surface area (Å²) in [4.78, 5) is 16.4.